The van der Waals surface area contributed by atoms with Crippen molar-refractivity contribution in [1.82, 2.24) is 0 Å². The Labute approximate surface area is 245 Å². The Morgan fingerprint density at radius 1 is 1.05 bits per heavy atom. The number of methoxy groups -OCH3 is 1. The van der Waals surface area contributed by atoms with Crippen molar-refractivity contribution in [1.29, 1.82) is 0 Å². The van der Waals surface area contributed by atoms with E-state index in [1.54, 1.807) is 0 Å². The van der Waals surface area contributed by atoms with E-state index in [1.807, 2.05) is 50.2 Å². The number of ether oxygens (including phenoxy) is 4. The third kappa shape index (κ3) is 5.59. The zero-order valence-corrected chi connectivity index (χ0v) is 24.9. The summed E-state index contributed by atoms with van der Waals surface area (Å²) in [5, 5.41) is 0. The number of carbonyl (C=O) groups is 1. The summed E-state index contributed by atoms with van der Waals surface area (Å²) in [5.41, 5.74) is 6.54. The number of halogens is 1. The first-order valence-corrected chi connectivity index (χ1v) is 16.2. The van der Waals surface area contributed by atoms with Gasteiger partial charge in [0.15, 0.2) is 9.84 Å². The highest BCUT2D eigenvalue weighted by molar-refractivity contribution is 7.91. The molecule has 0 aromatic heterocycles. The zero-order chi connectivity index (χ0) is 29.6. The highest BCUT2D eigenvalue weighted by atomic mass is 32.2. The Kier molecular flexibility index (Phi) is 7.64. The van der Waals surface area contributed by atoms with Crippen LogP contribution in [0.1, 0.15) is 59.1 Å². The van der Waals surface area contributed by atoms with E-state index in [-0.39, 0.29) is 41.5 Å². The van der Waals surface area contributed by atoms with E-state index < -0.39 is 15.9 Å². The molecule has 1 aliphatic carbocycles. The molecule has 0 spiro atoms. The highest BCUT2D eigenvalue weighted by Gasteiger charge is 2.33. The Hall–Kier alpha value is -3.59. The SMILES string of the molecule is COC(=O)CC1COc2cc(OC3CCc4c(-c5c(C)cc(OCC6CCS(=O)(=O)C6)cc5C)ccc(F)c43)ccc21. The monoisotopic (exact) mass is 594 g/mol. The van der Waals surface area contributed by atoms with Gasteiger partial charge in [-0.1, -0.05) is 12.1 Å². The molecule has 7 nitrogen and oxygen atoms in total. The van der Waals surface area contributed by atoms with Crippen LogP contribution in [0.2, 0.25) is 0 Å². The lowest BCUT2D eigenvalue weighted by Gasteiger charge is -2.19. The van der Waals surface area contributed by atoms with Crippen molar-refractivity contribution in [2.45, 2.75) is 51.6 Å². The maximum Gasteiger partial charge on any atom is 0.306 e. The van der Waals surface area contributed by atoms with Crippen LogP contribution < -0.4 is 14.2 Å². The second-order valence-electron chi connectivity index (χ2n) is 11.6. The van der Waals surface area contributed by atoms with Crippen LogP contribution in [0.4, 0.5) is 4.39 Å². The first-order chi connectivity index (χ1) is 20.1. The van der Waals surface area contributed by atoms with E-state index in [4.69, 9.17) is 18.9 Å². The predicted molar refractivity (Wildman–Crippen MR) is 157 cm³/mol. The molecule has 0 amide bonds. The average molecular weight is 595 g/mol. The number of rotatable bonds is 8. The van der Waals surface area contributed by atoms with Crippen molar-refractivity contribution in [3.8, 4) is 28.4 Å². The lowest BCUT2D eigenvalue weighted by molar-refractivity contribution is -0.141. The van der Waals surface area contributed by atoms with Gasteiger partial charge in [0.25, 0.3) is 0 Å². The maximum absolute atomic E-state index is 15.3. The van der Waals surface area contributed by atoms with Crippen LogP contribution in [0.3, 0.4) is 0 Å². The fraction of sp³-hybridized carbons (Fsp3) is 0.424. The van der Waals surface area contributed by atoms with E-state index in [2.05, 4.69) is 0 Å². The molecule has 3 aromatic carbocycles. The predicted octanol–water partition coefficient (Wildman–Crippen LogP) is 6.03. The van der Waals surface area contributed by atoms with E-state index in [0.29, 0.717) is 55.3 Å². The van der Waals surface area contributed by atoms with E-state index in [1.165, 1.54) is 13.2 Å². The fourth-order valence-corrected chi connectivity index (χ4v) is 8.46. The van der Waals surface area contributed by atoms with Crippen LogP contribution in [0, 0.1) is 25.6 Å². The molecule has 9 heteroatoms. The number of hydrogen-bond donors (Lipinski definition) is 0. The molecular weight excluding hydrogens is 559 g/mol. The van der Waals surface area contributed by atoms with Gasteiger partial charge in [-0.3, -0.25) is 4.79 Å². The molecule has 0 saturated carbocycles. The van der Waals surface area contributed by atoms with Crippen molar-refractivity contribution in [3.63, 3.8) is 0 Å². The molecule has 42 heavy (non-hydrogen) atoms. The molecule has 3 aromatic rings. The molecule has 0 radical (unpaired) electrons. The van der Waals surface area contributed by atoms with Crippen LogP contribution in [0.25, 0.3) is 11.1 Å². The van der Waals surface area contributed by atoms with E-state index in [9.17, 15) is 13.2 Å². The summed E-state index contributed by atoms with van der Waals surface area (Å²) < 4.78 is 61.9. The van der Waals surface area contributed by atoms with Crippen molar-refractivity contribution in [2.75, 3.05) is 31.8 Å². The largest absolute Gasteiger partial charge is 0.493 e. The Morgan fingerprint density at radius 2 is 1.83 bits per heavy atom. The van der Waals surface area contributed by atoms with Crippen LogP contribution in [0.15, 0.2) is 42.5 Å². The van der Waals surface area contributed by atoms with E-state index >= 15 is 4.39 Å². The maximum atomic E-state index is 15.3. The topological polar surface area (TPSA) is 88.1 Å². The van der Waals surface area contributed by atoms with Gasteiger partial charge in [0.05, 0.1) is 38.3 Å². The molecule has 0 bridgehead atoms. The molecule has 2 heterocycles. The van der Waals surface area contributed by atoms with Crippen molar-refractivity contribution in [3.05, 3.63) is 76.1 Å². The number of fused-ring (bicyclic) bond motifs is 2. The zero-order valence-electron chi connectivity index (χ0n) is 24.1. The first-order valence-electron chi connectivity index (χ1n) is 14.4. The van der Waals surface area contributed by atoms with Crippen molar-refractivity contribution < 1.29 is 36.6 Å². The van der Waals surface area contributed by atoms with Gasteiger partial charge in [0, 0.05) is 29.0 Å². The van der Waals surface area contributed by atoms with Gasteiger partial charge in [-0.05, 0) is 85.2 Å². The molecule has 2 aliphatic heterocycles. The molecular formula is C33H35FO7S. The third-order valence-corrected chi connectivity index (χ3v) is 10.5. The van der Waals surface area contributed by atoms with Gasteiger partial charge in [-0.15, -0.1) is 0 Å². The summed E-state index contributed by atoms with van der Waals surface area (Å²) >= 11 is 0. The van der Waals surface area contributed by atoms with Crippen LogP contribution >= 0.6 is 0 Å². The Bertz CT molecular complexity index is 1630. The van der Waals surface area contributed by atoms with Gasteiger partial charge in [-0.25, -0.2) is 12.8 Å². The molecule has 1 fully saturated rings. The lowest BCUT2D eigenvalue weighted by Crippen LogP contribution is -2.13. The van der Waals surface area contributed by atoms with Crippen molar-refractivity contribution in [2.24, 2.45) is 5.92 Å². The average Bonchev–Trinajstić information content (AvgIpc) is 3.65. The van der Waals surface area contributed by atoms with Crippen LogP contribution in [0.5, 0.6) is 17.2 Å². The molecule has 3 aliphatic rings. The number of hydrogen-bond acceptors (Lipinski definition) is 7. The van der Waals surface area contributed by atoms with Crippen LogP contribution in [-0.4, -0.2) is 46.2 Å². The molecule has 3 unspecified atom stereocenters. The molecule has 222 valence electrons. The fourth-order valence-electron chi connectivity index (χ4n) is 6.62. The molecule has 6 rings (SSSR count). The van der Waals surface area contributed by atoms with Crippen LogP contribution in [-0.2, 0) is 25.8 Å². The molecule has 1 saturated heterocycles. The smallest absolute Gasteiger partial charge is 0.306 e. The first kappa shape index (κ1) is 28.5. The second-order valence-corrected chi connectivity index (χ2v) is 13.9. The number of benzene rings is 3. The van der Waals surface area contributed by atoms with Gasteiger partial charge >= 0.3 is 5.97 Å². The summed E-state index contributed by atoms with van der Waals surface area (Å²) in [6.07, 6.45) is 1.79. The van der Waals surface area contributed by atoms with Crippen molar-refractivity contribution >= 4 is 15.8 Å². The summed E-state index contributed by atoms with van der Waals surface area (Å²) in [5.74, 6) is 1.80. The standard InChI is InChI=1S/C33H35FO7S/c1-19-12-24(39-16-21-10-11-42(36,37)18-21)13-20(2)32(19)26-6-8-28(34)33-27(26)7-9-29(33)41-23-4-5-25-22(14-31(35)38-3)17-40-30(25)15-23/h4-6,8,12-13,15,21-22,29H,7,9-11,14,16-18H2,1-3H3. The Morgan fingerprint density at radius 3 is 2.55 bits per heavy atom. The van der Waals surface area contributed by atoms with Gasteiger partial charge in [0.2, 0.25) is 0 Å². The minimum absolute atomic E-state index is 0.0195. The van der Waals surface area contributed by atoms with E-state index in [0.717, 1.165) is 33.4 Å². The summed E-state index contributed by atoms with van der Waals surface area (Å²) in [6.45, 7) is 4.82. The van der Waals surface area contributed by atoms with Gasteiger partial charge in [-0.2, -0.15) is 0 Å². The summed E-state index contributed by atoms with van der Waals surface area (Å²) in [4.78, 5) is 11.7. The molecule has 0 N–H and O–H groups in total. The summed E-state index contributed by atoms with van der Waals surface area (Å²) in [7, 11) is -1.57. The third-order valence-electron chi connectivity index (χ3n) is 8.65. The molecule has 3 atom stereocenters. The highest BCUT2D eigenvalue weighted by Crippen LogP contribution is 2.45. The van der Waals surface area contributed by atoms with Gasteiger partial charge < -0.3 is 18.9 Å². The Balaban J connectivity index is 1.21. The summed E-state index contributed by atoms with van der Waals surface area (Å²) in [6, 6.07) is 12.9. The quantitative estimate of drug-likeness (QED) is 0.295. The number of esters is 1. The number of sulfone groups is 1. The minimum atomic E-state index is -2.95. The number of aryl methyl sites for hydroxylation is 2. The van der Waals surface area contributed by atoms with Gasteiger partial charge in [0.1, 0.15) is 29.2 Å². The number of carbonyl (C=O) groups excluding carboxylic acids is 1. The lowest BCUT2D eigenvalue weighted by atomic mass is 9.90. The minimum Gasteiger partial charge on any atom is -0.493 e. The second kappa shape index (κ2) is 11.2. The normalized spacial score (nSPS) is 21.9.